The molecular weight excluding hydrogens is 303 g/mol. The highest BCUT2D eigenvalue weighted by Crippen LogP contribution is 2.33. The number of nitro benzene ring substituents is 1. The highest BCUT2D eigenvalue weighted by Gasteiger charge is 2.21. The zero-order chi connectivity index (χ0) is 15.3. The Balaban J connectivity index is 3.05. The summed E-state index contributed by atoms with van der Waals surface area (Å²) in [6.45, 7) is 1.87. The van der Waals surface area contributed by atoms with Gasteiger partial charge in [-0.2, -0.15) is 0 Å². The average Bonchev–Trinajstić information content (AvgIpc) is 2.40. The lowest BCUT2D eigenvalue weighted by Gasteiger charge is -2.14. The molecule has 0 aliphatic carbocycles. The molecule has 1 aromatic rings. The summed E-state index contributed by atoms with van der Waals surface area (Å²) >= 11 is 11.5. The van der Waals surface area contributed by atoms with Crippen molar-refractivity contribution in [2.24, 2.45) is 0 Å². The lowest BCUT2D eigenvalue weighted by atomic mass is 10.1. The molecule has 1 amide bonds. The van der Waals surface area contributed by atoms with Crippen molar-refractivity contribution in [1.82, 2.24) is 5.32 Å². The van der Waals surface area contributed by atoms with E-state index in [-0.39, 0.29) is 21.7 Å². The first-order valence-electron chi connectivity index (χ1n) is 5.78. The monoisotopic (exact) mass is 314 g/mol. The van der Waals surface area contributed by atoms with E-state index in [9.17, 15) is 14.9 Å². The van der Waals surface area contributed by atoms with Crippen molar-refractivity contribution in [1.29, 1.82) is 0 Å². The second-order valence-corrected chi connectivity index (χ2v) is 4.82. The molecule has 20 heavy (non-hydrogen) atoms. The van der Waals surface area contributed by atoms with Crippen LogP contribution >= 0.6 is 23.2 Å². The van der Waals surface area contributed by atoms with Crippen LogP contribution in [-0.4, -0.2) is 16.9 Å². The third-order valence-corrected chi connectivity index (χ3v) is 3.45. The molecule has 0 aromatic heterocycles. The lowest BCUT2D eigenvalue weighted by molar-refractivity contribution is -0.384. The number of amides is 1. The molecule has 0 bridgehead atoms. The number of rotatable bonds is 5. The van der Waals surface area contributed by atoms with Crippen molar-refractivity contribution in [2.45, 2.75) is 25.8 Å². The molecule has 5 nitrogen and oxygen atoms in total. The van der Waals surface area contributed by atoms with E-state index < -0.39 is 16.5 Å². The largest absolute Gasteiger partial charge is 0.348 e. The molecule has 0 aliphatic heterocycles. The predicted molar refractivity (Wildman–Crippen MR) is 78.1 cm³/mol. The first-order chi connectivity index (χ1) is 9.40. The third-order valence-electron chi connectivity index (χ3n) is 2.66. The van der Waals surface area contributed by atoms with Gasteiger partial charge in [0.25, 0.3) is 11.6 Å². The summed E-state index contributed by atoms with van der Waals surface area (Å²) in [6.07, 6.45) is 6.23. The summed E-state index contributed by atoms with van der Waals surface area (Å²) in [5.74, 6) is 1.98. The normalized spacial score (nSPS) is 11.5. The van der Waals surface area contributed by atoms with Crippen LogP contribution in [0.5, 0.6) is 0 Å². The Morgan fingerprint density at radius 3 is 2.70 bits per heavy atom. The maximum Gasteiger partial charge on any atom is 0.290 e. The van der Waals surface area contributed by atoms with E-state index in [4.69, 9.17) is 29.6 Å². The average molecular weight is 315 g/mol. The summed E-state index contributed by atoms with van der Waals surface area (Å²) in [5, 5.41) is 13.3. The highest BCUT2D eigenvalue weighted by atomic mass is 35.5. The van der Waals surface area contributed by atoms with Gasteiger partial charge in [0.05, 0.1) is 9.95 Å². The van der Waals surface area contributed by atoms with Crippen molar-refractivity contribution in [3.05, 3.63) is 37.9 Å². The molecule has 0 spiro atoms. The van der Waals surface area contributed by atoms with Gasteiger partial charge in [-0.05, 0) is 12.5 Å². The van der Waals surface area contributed by atoms with Gasteiger partial charge < -0.3 is 5.32 Å². The number of benzene rings is 1. The molecule has 1 unspecified atom stereocenters. The van der Waals surface area contributed by atoms with Gasteiger partial charge in [0.15, 0.2) is 0 Å². The maximum absolute atomic E-state index is 12.0. The minimum absolute atomic E-state index is 0.0454. The minimum atomic E-state index is -0.691. The molecular formula is C13H12Cl2N2O3. The van der Waals surface area contributed by atoms with Gasteiger partial charge in [0.2, 0.25) is 0 Å². The molecule has 0 aliphatic rings. The Morgan fingerprint density at radius 1 is 1.55 bits per heavy atom. The number of carbonyl (C=O) groups is 1. The molecule has 1 rings (SSSR count). The van der Waals surface area contributed by atoms with Gasteiger partial charge in [0.1, 0.15) is 5.02 Å². The van der Waals surface area contributed by atoms with E-state index >= 15 is 0 Å². The number of nitrogens with one attached hydrogen (secondary N) is 1. The first kappa shape index (κ1) is 16.3. The second kappa shape index (κ2) is 7.13. The number of hydrogen-bond donors (Lipinski definition) is 1. The predicted octanol–water partition coefficient (Wildman–Crippen LogP) is 3.43. The number of carbonyl (C=O) groups excluding carboxylic acids is 1. The van der Waals surface area contributed by atoms with Gasteiger partial charge in [-0.1, -0.05) is 30.1 Å². The van der Waals surface area contributed by atoms with Gasteiger partial charge in [-0.25, -0.2) is 0 Å². The van der Waals surface area contributed by atoms with Crippen LogP contribution in [0.1, 0.15) is 30.1 Å². The lowest BCUT2D eigenvalue weighted by Crippen LogP contribution is -2.34. The fourth-order valence-corrected chi connectivity index (χ4v) is 1.94. The number of halogens is 2. The summed E-state index contributed by atoms with van der Waals surface area (Å²) in [4.78, 5) is 22.2. The van der Waals surface area contributed by atoms with E-state index in [0.717, 1.165) is 6.07 Å². The van der Waals surface area contributed by atoms with E-state index in [2.05, 4.69) is 11.2 Å². The number of nitrogens with zero attached hydrogens (tertiary/aromatic N) is 1. The van der Waals surface area contributed by atoms with Gasteiger partial charge in [0, 0.05) is 24.1 Å². The molecule has 1 aromatic carbocycles. The zero-order valence-corrected chi connectivity index (χ0v) is 12.2. The Kier molecular flexibility index (Phi) is 5.81. The molecule has 0 heterocycles. The van der Waals surface area contributed by atoms with E-state index in [1.54, 1.807) is 0 Å². The van der Waals surface area contributed by atoms with Crippen LogP contribution in [0.4, 0.5) is 5.69 Å². The second-order valence-electron chi connectivity index (χ2n) is 4.04. The van der Waals surface area contributed by atoms with E-state index in [1.807, 2.05) is 6.92 Å². The summed E-state index contributed by atoms with van der Waals surface area (Å²) in [5.41, 5.74) is -0.337. The highest BCUT2D eigenvalue weighted by molar-refractivity contribution is 6.43. The van der Waals surface area contributed by atoms with Gasteiger partial charge in [-0.15, -0.1) is 12.3 Å². The van der Waals surface area contributed by atoms with Crippen molar-refractivity contribution >= 4 is 34.8 Å². The molecule has 0 saturated carbocycles. The standard InChI is InChI=1S/C13H12Cl2N2O3/c1-3-5-9(4-2)16-13(18)8-6-10(14)12(15)11(7-8)17(19)20/h1,6-7,9H,4-5H2,2H3,(H,16,18). The smallest absolute Gasteiger partial charge is 0.290 e. The summed E-state index contributed by atoms with van der Waals surface area (Å²) < 4.78 is 0. The Labute approximate surface area is 126 Å². The third kappa shape index (κ3) is 3.86. The van der Waals surface area contributed by atoms with Crippen LogP contribution in [0, 0.1) is 22.5 Å². The molecule has 1 atom stereocenters. The fourth-order valence-electron chi connectivity index (χ4n) is 1.55. The van der Waals surface area contributed by atoms with Crippen molar-refractivity contribution in [3.63, 3.8) is 0 Å². The quantitative estimate of drug-likeness (QED) is 0.514. The summed E-state index contributed by atoms with van der Waals surface area (Å²) in [7, 11) is 0. The molecule has 1 N–H and O–H groups in total. The van der Waals surface area contributed by atoms with Gasteiger partial charge in [-0.3, -0.25) is 14.9 Å². The molecule has 0 fully saturated rings. The number of hydrogen-bond acceptors (Lipinski definition) is 3. The van der Waals surface area contributed by atoms with Crippen LogP contribution < -0.4 is 5.32 Å². The Hall–Kier alpha value is -1.77. The summed E-state index contributed by atoms with van der Waals surface area (Å²) in [6, 6.07) is 2.18. The fraction of sp³-hybridized carbons (Fsp3) is 0.308. The number of nitro groups is 1. The van der Waals surface area contributed by atoms with E-state index in [1.165, 1.54) is 6.07 Å². The molecule has 0 radical (unpaired) electrons. The van der Waals surface area contributed by atoms with Crippen LogP contribution in [0.15, 0.2) is 12.1 Å². The maximum atomic E-state index is 12.0. The van der Waals surface area contributed by atoms with Crippen molar-refractivity contribution in [3.8, 4) is 12.3 Å². The van der Waals surface area contributed by atoms with Gasteiger partial charge >= 0.3 is 0 Å². The van der Waals surface area contributed by atoms with Crippen LogP contribution in [0.3, 0.4) is 0 Å². The first-order valence-corrected chi connectivity index (χ1v) is 6.54. The minimum Gasteiger partial charge on any atom is -0.348 e. The Bertz CT molecular complexity index is 582. The van der Waals surface area contributed by atoms with Crippen LogP contribution in [-0.2, 0) is 0 Å². The Morgan fingerprint density at radius 2 is 2.20 bits per heavy atom. The topological polar surface area (TPSA) is 72.2 Å². The SMILES string of the molecule is C#CCC(CC)NC(=O)c1cc(Cl)c(Cl)c([N+](=O)[O-])c1. The van der Waals surface area contributed by atoms with Crippen molar-refractivity contribution in [2.75, 3.05) is 0 Å². The zero-order valence-electron chi connectivity index (χ0n) is 10.7. The van der Waals surface area contributed by atoms with Crippen molar-refractivity contribution < 1.29 is 9.72 Å². The van der Waals surface area contributed by atoms with Crippen LogP contribution in [0.25, 0.3) is 0 Å². The molecule has 7 heteroatoms. The molecule has 0 saturated heterocycles. The number of terminal acetylenes is 1. The molecule has 106 valence electrons. The van der Waals surface area contributed by atoms with E-state index in [0.29, 0.717) is 12.8 Å². The van der Waals surface area contributed by atoms with Crippen LogP contribution in [0.2, 0.25) is 10.0 Å².